The summed E-state index contributed by atoms with van der Waals surface area (Å²) in [5.74, 6) is 0.332. The fourth-order valence-electron chi connectivity index (χ4n) is 2.63. The number of urea groups is 1. The van der Waals surface area contributed by atoms with E-state index in [2.05, 4.69) is 16.0 Å². The van der Waals surface area contributed by atoms with Gasteiger partial charge in [-0.05, 0) is 61.0 Å². The van der Waals surface area contributed by atoms with Crippen LogP contribution in [0.4, 0.5) is 21.9 Å². The molecule has 0 aliphatic rings. The number of methoxy groups -OCH3 is 1. The standard InChI is InChI=1S/C22H21N3O3/c1-15-8-13-20(28-2)19(14-15)25-21(26)16-9-11-18(12-10-16)24-22(27)23-17-6-4-3-5-7-17/h3-14H,1-2H3,(H,25,26)(H2,23,24,27). The van der Waals surface area contributed by atoms with Crippen LogP contribution in [-0.4, -0.2) is 19.0 Å². The molecule has 0 aromatic heterocycles. The summed E-state index contributed by atoms with van der Waals surface area (Å²) in [6.45, 7) is 1.94. The lowest BCUT2D eigenvalue weighted by atomic mass is 10.1. The molecule has 0 fully saturated rings. The van der Waals surface area contributed by atoms with Crippen LogP contribution in [0.15, 0.2) is 72.8 Å². The van der Waals surface area contributed by atoms with E-state index in [0.717, 1.165) is 5.56 Å². The van der Waals surface area contributed by atoms with Crippen LogP contribution < -0.4 is 20.7 Å². The summed E-state index contributed by atoms with van der Waals surface area (Å²) >= 11 is 0. The quantitative estimate of drug-likeness (QED) is 0.593. The van der Waals surface area contributed by atoms with Crippen LogP contribution in [0, 0.1) is 6.92 Å². The summed E-state index contributed by atoms with van der Waals surface area (Å²) < 4.78 is 5.28. The third kappa shape index (κ3) is 4.88. The Labute approximate surface area is 163 Å². The highest BCUT2D eigenvalue weighted by molar-refractivity contribution is 6.05. The smallest absolute Gasteiger partial charge is 0.323 e. The van der Waals surface area contributed by atoms with Gasteiger partial charge >= 0.3 is 6.03 Å². The van der Waals surface area contributed by atoms with Crippen molar-refractivity contribution in [2.24, 2.45) is 0 Å². The molecule has 0 heterocycles. The average molecular weight is 375 g/mol. The van der Waals surface area contributed by atoms with Gasteiger partial charge in [0.2, 0.25) is 0 Å². The third-order valence-electron chi connectivity index (χ3n) is 4.04. The molecule has 6 heteroatoms. The van der Waals surface area contributed by atoms with Gasteiger partial charge in [0.1, 0.15) is 5.75 Å². The van der Waals surface area contributed by atoms with E-state index in [1.807, 2.05) is 43.3 Å². The Morgan fingerprint density at radius 1 is 0.786 bits per heavy atom. The Morgan fingerprint density at radius 3 is 2.07 bits per heavy atom. The zero-order valence-corrected chi connectivity index (χ0v) is 15.7. The topological polar surface area (TPSA) is 79.5 Å². The van der Waals surface area contributed by atoms with E-state index < -0.39 is 0 Å². The van der Waals surface area contributed by atoms with Gasteiger partial charge in [-0.2, -0.15) is 0 Å². The molecule has 3 rings (SSSR count). The molecule has 0 unspecified atom stereocenters. The number of rotatable bonds is 5. The summed E-state index contributed by atoms with van der Waals surface area (Å²) in [6, 6.07) is 21.0. The van der Waals surface area contributed by atoms with Crippen molar-refractivity contribution in [1.82, 2.24) is 0 Å². The highest BCUT2D eigenvalue weighted by atomic mass is 16.5. The Hall–Kier alpha value is -3.80. The zero-order valence-electron chi connectivity index (χ0n) is 15.7. The lowest BCUT2D eigenvalue weighted by molar-refractivity contribution is 0.102. The van der Waals surface area contributed by atoms with Crippen molar-refractivity contribution in [2.45, 2.75) is 6.92 Å². The molecule has 3 aromatic carbocycles. The van der Waals surface area contributed by atoms with Gasteiger partial charge in [0, 0.05) is 16.9 Å². The van der Waals surface area contributed by atoms with Crippen LogP contribution in [-0.2, 0) is 0 Å². The van der Waals surface area contributed by atoms with Crippen LogP contribution >= 0.6 is 0 Å². The first-order valence-corrected chi connectivity index (χ1v) is 8.74. The van der Waals surface area contributed by atoms with Gasteiger partial charge in [-0.1, -0.05) is 24.3 Å². The maximum atomic E-state index is 12.5. The maximum Gasteiger partial charge on any atom is 0.323 e. The number of para-hydroxylation sites is 1. The van der Waals surface area contributed by atoms with Crippen molar-refractivity contribution in [3.05, 3.63) is 83.9 Å². The summed E-state index contributed by atoms with van der Waals surface area (Å²) in [5, 5.41) is 8.31. The monoisotopic (exact) mass is 375 g/mol. The molecule has 0 radical (unpaired) electrons. The number of carbonyl (C=O) groups excluding carboxylic acids is 2. The molecule has 0 aliphatic carbocycles. The fourth-order valence-corrected chi connectivity index (χ4v) is 2.63. The molecule has 28 heavy (non-hydrogen) atoms. The number of carbonyl (C=O) groups is 2. The molecule has 0 saturated heterocycles. The number of nitrogens with one attached hydrogen (secondary N) is 3. The highest BCUT2D eigenvalue weighted by Gasteiger charge is 2.10. The largest absolute Gasteiger partial charge is 0.495 e. The van der Waals surface area contributed by atoms with Crippen LogP contribution in [0.5, 0.6) is 5.75 Å². The van der Waals surface area contributed by atoms with Crippen molar-refractivity contribution < 1.29 is 14.3 Å². The molecule has 142 valence electrons. The van der Waals surface area contributed by atoms with Gasteiger partial charge in [-0.3, -0.25) is 4.79 Å². The zero-order chi connectivity index (χ0) is 19.9. The van der Waals surface area contributed by atoms with E-state index in [-0.39, 0.29) is 11.9 Å². The van der Waals surface area contributed by atoms with Crippen molar-refractivity contribution in [3.8, 4) is 5.75 Å². The van der Waals surface area contributed by atoms with E-state index in [1.54, 1.807) is 43.5 Å². The summed E-state index contributed by atoms with van der Waals surface area (Å²) in [5.41, 5.74) is 3.37. The predicted octanol–water partition coefficient (Wildman–Crippen LogP) is 4.90. The van der Waals surface area contributed by atoms with Crippen molar-refractivity contribution in [1.29, 1.82) is 0 Å². The number of aryl methyl sites for hydroxylation is 1. The summed E-state index contributed by atoms with van der Waals surface area (Å²) in [4.78, 5) is 24.5. The van der Waals surface area contributed by atoms with Crippen LogP contribution in [0.2, 0.25) is 0 Å². The van der Waals surface area contributed by atoms with Crippen molar-refractivity contribution >= 4 is 29.0 Å². The van der Waals surface area contributed by atoms with Gasteiger partial charge in [0.15, 0.2) is 0 Å². The van der Waals surface area contributed by atoms with Gasteiger partial charge < -0.3 is 20.7 Å². The maximum absolute atomic E-state index is 12.5. The van der Waals surface area contributed by atoms with Gasteiger partial charge in [-0.15, -0.1) is 0 Å². The SMILES string of the molecule is COc1ccc(C)cc1NC(=O)c1ccc(NC(=O)Nc2ccccc2)cc1. The number of hydrogen-bond donors (Lipinski definition) is 3. The first kappa shape index (κ1) is 19.0. The molecule has 3 amide bonds. The Balaban J connectivity index is 1.63. The molecule has 0 spiro atoms. The number of ether oxygens (including phenoxy) is 1. The third-order valence-corrected chi connectivity index (χ3v) is 4.04. The second kappa shape index (κ2) is 8.73. The molecule has 0 aliphatic heterocycles. The summed E-state index contributed by atoms with van der Waals surface area (Å²) in [6.07, 6.45) is 0. The minimum atomic E-state index is -0.354. The molecule has 3 N–H and O–H groups in total. The molecular formula is C22H21N3O3. The minimum absolute atomic E-state index is 0.260. The van der Waals surface area contributed by atoms with E-state index in [0.29, 0.717) is 28.4 Å². The van der Waals surface area contributed by atoms with Crippen LogP contribution in [0.1, 0.15) is 15.9 Å². The lowest BCUT2D eigenvalue weighted by Crippen LogP contribution is -2.19. The molecule has 0 saturated carbocycles. The second-order valence-electron chi connectivity index (χ2n) is 6.18. The summed E-state index contributed by atoms with van der Waals surface area (Å²) in [7, 11) is 1.56. The Morgan fingerprint density at radius 2 is 1.43 bits per heavy atom. The van der Waals surface area contributed by atoms with Gasteiger partial charge in [0.05, 0.1) is 12.8 Å². The van der Waals surface area contributed by atoms with Crippen molar-refractivity contribution in [3.63, 3.8) is 0 Å². The molecule has 6 nitrogen and oxygen atoms in total. The Bertz CT molecular complexity index is 970. The molecule has 0 atom stereocenters. The van der Waals surface area contributed by atoms with E-state index in [1.165, 1.54) is 0 Å². The second-order valence-corrected chi connectivity index (χ2v) is 6.18. The van der Waals surface area contributed by atoms with E-state index >= 15 is 0 Å². The number of benzene rings is 3. The normalized spacial score (nSPS) is 10.1. The number of hydrogen-bond acceptors (Lipinski definition) is 3. The lowest BCUT2D eigenvalue weighted by Gasteiger charge is -2.12. The molecule has 0 bridgehead atoms. The van der Waals surface area contributed by atoms with E-state index in [9.17, 15) is 9.59 Å². The van der Waals surface area contributed by atoms with Crippen molar-refractivity contribution in [2.75, 3.05) is 23.1 Å². The highest BCUT2D eigenvalue weighted by Crippen LogP contribution is 2.26. The first-order chi connectivity index (χ1) is 13.5. The van der Waals surface area contributed by atoms with Gasteiger partial charge in [-0.25, -0.2) is 4.79 Å². The number of amides is 3. The van der Waals surface area contributed by atoms with Gasteiger partial charge in [0.25, 0.3) is 5.91 Å². The Kier molecular flexibility index (Phi) is 5.91. The van der Waals surface area contributed by atoms with Crippen LogP contribution in [0.3, 0.4) is 0 Å². The molecule has 3 aromatic rings. The van der Waals surface area contributed by atoms with Crippen LogP contribution in [0.25, 0.3) is 0 Å². The average Bonchev–Trinajstić information content (AvgIpc) is 2.69. The first-order valence-electron chi connectivity index (χ1n) is 8.74. The molecular weight excluding hydrogens is 354 g/mol. The van der Waals surface area contributed by atoms with E-state index in [4.69, 9.17) is 4.74 Å². The minimum Gasteiger partial charge on any atom is -0.495 e. The fraction of sp³-hybridized carbons (Fsp3) is 0.0909. The predicted molar refractivity (Wildman–Crippen MR) is 111 cm³/mol. The number of anilines is 3.